The first-order valence-electron chi connectivity index (χ1n) is 7.29. The maximum Gasteiger partial charge on any atom is 0.193 e. The SMILES string of the molecule is CN=C(NCCCOC)N1CC2CCCCC2C1. The van der Waals surface area contributed by atoms with Crippen LogP contribution < -0.4 is 5.32 Å². The van der Waals surface area contributed by atoms with Crippen LogP contribution in [0.4, 0.5) is 0 Å². The number of likely N-dealkylation sites (tertiary alicyclic amines) is 1. The molecule has 2 unspecified atom stereocenters. The highest BCUT2D eigenvalue weighted by molar-refractivity contribution is 5.80. The fraction of sp³-hybridized carbons (Fsp3) is 0.929. The second-order valence-corrected chi connectivity index (χ2v) is 5.53. The Balaban J connectivity index is 1.78. The van der Waals surface area contributed by atoms with E-state index in [1.54, 1.807) is 7.11 Å². The maximum atomic E-state index is 5.07. The van der Waals surface area contributed by atoms with E-state index in [0.717, 1.165) is 37.4 Å². The van der Waals surface area contributed by atoms with Gasteiger partial charge in [-0.15, -0.1) is 0 Å². The van der Waals surface area contributed by atoms with Crippen molar-refractivity contribution >= 4 is 5.96 Å². The van der Waals surface area contributed by atoms with Gasteiger partial charge in [-0.25, -0.2) is 0 Å². The summed E-state index contributed by atoms with van der Waals surface area (Å²) in [5.41, 5.74) is 0. The van der Waals surface area contributed by atoms with Crippen molar-refractivity contribution in [2.24, 2.45) is 16.8 Å². The summed E-state index contributed by atoms with van der Waals surface area (Å²) in [4.78, 5) is 6.87. The number of nitrogens with one attached hydrogen (secondary N) is 1. The summed E-state index contributed by atoms with van der Waals surface area (Å²) >= 11 is 0. The maximum absolute atomic E-state index is 5.07. The summed E-state index contributed by atoms with van der Waals surface area (Å²) in [6.45, 7) is 4.17. The van der Waals surface area contributed by atoms with Crippen molar-refractivity contribution in [2.45, 2.75) is 32.1 Å². The van der Waals surface area contributed by atoms with Crippen LogP contribution in [0.3, 0.4) is 0 Å². The summed E-state index contributed by atoms with van der Waals surface area (Å²) in [7, 11) is 3.64. The number of methoxy groups -OCH3 is 1. The van der Waals surface area contributed by atoms with E-state index in [2.05, 4.69) is 15.2 Å². The Hall–Kier alpha value is -0.770. The zero-order chi connectivity index (χ0) is 12.8. The molecule has 1 saturated carbocycles. The summed E-state index contributed by atoms with van der Waals surface area (Å²) in [6, 6.07) is 0. The highest BCUT2D eigenvalue weighted by atomic mass is 16.5. The van der Waals surface area contributed by atoms with Gasteiger partial charge >= 0.3 is 0 Å². The number of aliphatic imine (C=N–C) groups is 1. The highest BCUT2D eigenvalue weighted by Crippen LogP contribution is 2.35. The van der Waals surface area contributed by atoms with Crippen LogP contribution in [0.1, 0.15) is 32.1 Å². The third kappa shape index (κ3) is 3.37. The zero-order valence-electron chi connectivity index (χ0n) is 11.8. The molecule has 0 bridgehead atoms. The van der Waals surface area contributed by atoms with Crippen LogP contribution in [0.2, 0.25) is 0 Å². The Morgan fingerprint density at radius 2 is 1.94 bits per heavy atom. The zero-order valence-corrected chi connectivity index (χ0v) is 11.8. The van der Waals surface area contributed by atoms with Crippen LogP contribution in [-0.2, 0) is 4.74 Å². The Labute approximate surface area is 111 Å². The highest BCUT2D eigenvalue weighted by Gasteiger charge is 2.35. The van der Waals surface area contributed by atoms with E-state index in [1.807, 2.05) is 7.05 Å². The van der Waals surface area contributed by atoms with Crippen molar-refractivity contribution in [3.63, 3.8) is 0 Å². The summed E-state index contributed by atoms with van der Waals surface area (Å²) in [6.07, 6.45) is 6.73. The normalized spacial score (nSPS) is 28.3. The van der Waals surface area contributed by atoms with Crippen LogP contribution in [0.25, 0.3) is 0 Å². The van der Waals surface area contributed by atoms with Gasteiger partial charge in [0.25, 0.3) is 0 Å². The second kappa shape index (κ2) is 6.98. The standard InChI is InChI=1S/C14H27N3O/c1-15-14(16-8-5-9-18-2)17-10-12-6-3-4-7-13(12)11-17/h12-13H,3-11H2,1-2H3,(H,15,16). The fourth-order valence-electron chi connectivity index (χ4n) is 3.33. The van der Waals surface area contributed by atoms with Crippen LogP contribution in [0.5, 0.6) is 0 Å². The van der Waals surface area contributed by atoms with Gasteiger partial charge in [0.05, 0.1) is 0 Å². The van der Waals surface area contributed by atoms with Gasteiger partial charge in [0.1, 0.15) is 0 Å². The molecule has 4 heteroatoms. The minimum absolute atomic E-state index is 0.815. The van der Waals surface area contributed by atoms with Crippen molar-refractivity contribution in [3.05, 3.63) is 0 Å². The van der Waals surface area contributed by atoms with Gasteiger partial charge in [-0.1, -0.05) is 12.8 Å². The molecule has 0 radical (unpaired) electrons. The first-order valence-corrected chi connectivity index (χ1v) is 7.29. The average Bonchev–Trinajstić information content (AvgIpc) is 2.82. The van der Waals surface area contributed by atoms with E-state index in [4.69, 9.17) is 4.74 Å². The molecule has 1 N–H and O–H groups in total. The Kier molecular flexibility index (Phi) is 5.29. The molecule has 4 nitrogen and oxygen atoms in total. The third-order valence-electron chi connectivity index (χ3n) is 4.30. The monoisotopic (exact) mass is 253 g/mol. The summed E-state index contributed by atoms with van der Waals surface area (Å²) in [5, 5.41) is 3.45. The molecule has 2 atom stereocenters. The van der Waals surface area contributed by atoms with Crippen molar-refractivity contribution in [1.29, 1.82) is 0 Å². The molecule has 0 aromatic rings. The molecule has 0 aromatic carbocycles. The van der Waals surface area contributed by atoms with Gasteiger partial charge in [-0.05, 0) is 31.1 Å². The number of rotatable bonds is 4. The molecule has 1 aliphatic carbocycles. The predicted octanol–water partition coefficient (Wildman–Crippen LogP) is 1.72. The smallest absolute Gasteiger partial charge is 0.193 e. The van der Waals surface area contributed by atoms with Crippen molar-refractivity contribution in [1.82, 2.24) is 10.2 Å². The summed E-state index contributed by atoms with van der Waals surface area (Å²) in [5.74, 6) is 2.91. The number of fused-ring (bicyclic) bond motifs is 1. The molecule has 1 aliphatic heterocycles. The number of ether oxygens (including phenoxy) is 1. The molecule has 0 amide bonds. The topological polar surface area (TPSA) is 36.9 Å². The van der Waals surface area contributed by atoms with E-state index in [9.17, 15) is 0 Å². The van der Waals surface area contributed by atoms with Crippen LogP contribution in [0.15, 0.2) is 4.99 Å². The number of hydrogen-bond acceptors (Lipinski definition) is 2. The summed E-state index contributed by atoms with van der Waals surface area (Å²) < 4.78 is 5.07. The quantitative estimate of drug-likeness (QED) is 0.471. The van der Waals surface area contributed by atoms with E-state index in [0.29, 0.717) is 0 Å². The first kappa shape index (κ1) is 13.7. The fourth-order valence-corrected chi connectivity index (χ4v) is 3.33. The number of hydrogen-bond donors (Lipinski definition) is 1. The molecule has 2 rings (SSSR count). The van der Waals surface area contributed by atoms with Gasteiger partial charge in [-0.2, -0.15) is 0 Å². The molecular weight excluding hydrogens is 226 g/mol. The minimum atomic E-state index is 0.815. The van der Waals surface area contributed by atoms with E-state index in [-0.39, 0.29) is 0 Å². The van der Waals surface area contributed by atoms with E-state index in [1.165, 1.54) is 38.8 Å². The average molecular weight is 253 g/mol. The van der Waals surface area contributed by atoms with E-state index < -0.39 is 0 Å². The Morgan fingerprint density at radius 1 is 1.28 bits per heavy atom. The van der Waals surface area contributed by atoms with Crippen molar-refractivity contribution in [3.8, 4) is 0 Å². The molecule has 0 spiro atoms. The van der Waals surface area contributed by atoms with Gasteiger partial charge in [-0.3, -0.25) is 4.99 Å². The van der Waals surface area contributed by atoms with Gasteiger partial charge in [0.2, 0.25) is 0 Å². The molecular formula is C14H27N3O. The van der Waals surface area contributed by atoms with Crippen molar-refractivity contribution < 1.29 is 4.74 Å². The minimum Gasteiger partial charge on any atom is -0.385 e. The third-order valence-corrected chi connectivity index (χ3v) is 4.30. The molecule has 2 aliphatic rings. The largest absolute Gasteiger partial charge is 0.385 e. The molecule has 0 aromatic heterocycles. The van der Waals surface area contributed by atoms with Gasteiger partial charge in [0, 0.05) is 40.4 Å². The second-order valence-electron chi connectivity index (χ2n) is 5.53. The van der Waals surface area contributed by atoms with E-state index >= 15 is 0 Å². The Morgan fingerprint density at radius 3 is 2.50 bits per heavy atom. The van der Waals surface area contributed by atoms with Crippen LogP contribution in [0, 0.1) is 11.8 Å². The molecule has 2 fully saturated rings. The van der Waals surface area contributed by atoms with Crippen molar-refractivity contribution in [2.75, 3.05) is 40.4 Å². The molecule has 18 heavy (non-hydrogen) atoms. The van der Waals surface area contributed by atoms with Gasteiger partial charge < -0.3 is 15.0 Å². The number of nitrogens with zero attached hydrogens (tertiary/aromatic N) is 2. The number of guanidine groups is 1. The lowest BCUT2D eigenvalue weighted by Crippen LogP contribution is -2.40. The Bertz CT molecular complexity index is 266. The molecule has 1 saturated heterocycles. The van der Waals surface area contributed by atoms with Gasteiger partial charge in [0.15, 0.2) is 5.96 Å². The van der Waals surface area contributed by atoms with Crippen LogP contribution >= 0.6 is 0 Å². The molecule has 104 valence electrons. The lowest BCUT2D eigenvalue weighted by molar-refractivity contribution is 0.195. The lowest BCUT2D eigenvalue weighted by Gasteiger charge is -2.22. The van der Waals surface area contributed by atoms with Crippen LogP contribution in [-0.4, -0.2) is 51.3 Å². The lowest BCUT2D eigenvalue weighted by atomic mass is 9.82. The molecule has 1 heterocycles. The predicted molar refractivity (Wildman–Crippen MR) is 74.9 cm³/mol. The first-order chi connectivity index (χ1) is 8.85.